The Kier molecular flexibility index (Phi) is 6.44. The lowest BCUT2D eigenvalue weighted by molar-refractivity contribution is -0.128. The molecule has 0 bridgehead atoms. The zero-order chi connectivity index (χ0) is 21.0. The van der Waals surface area contributed by atoms with Crippen LogP contribution in [0.4, 0.5) is 0 Å². The van der Waals surface area contributed by atoms with E-state index in [1.165, 1.54) is 16.4 Å². The average molecular weight is 419 g/mol. The van der Waals surface area contributed by atoms with E-state index in [1.807, 2.05) is 6.92 Å². The largest absolute Gasteiger partial charge is 0.508 e. The number of carbonyl (C=O) groups excluding carboxylic acids is 1. The van der Waals surface area contributed by atoms with Crippen molar-refractivity contribution in [3.8, 4) is 11.5 Å². The highest BCUT2D eigenvalue weighted by molar-refractivity contribution is 7.89. The fraction of sp³-hybridized carbons (Fsp3) is 0.381. The van der Waals surface area contributed by atoms with Gasteiger partial charge in [-0.3, -0.25) is 4.79 Å². The van der Waals surface area contributed by atoms with Gasteiger partial charge in [0, 0.05) is 19.1 Å². The average Bonchev–Trinajstić information content (AvgIpc) is 2.70. The third kappa shape index (κ3) is 5.27. The molecule has 1 unspecified atom stereocenters. The monoisotopic (exact) mass is 418 g/mol. The molecule has 1 amide bonds. The molecule has 3 rings (SSSR count). The molecular weight excluding hydrogens is 392 g/mol. The minimum atomic E-state index is -3.52. The Morgan fingerprint density at radius 1 is 1.10 bits per heavy atom. The number of piperidine rings is 1. The first-order chi connectivity index (χ1) is 13.8. The fourth-order valence-corrected chi connectivity index (χ4v) is 4.67. The van der Waals surface area contributed by atoms with Crippen molar-refractivity contribution >= 4 is 15.9 Å². The number of aryl methyl sites for hydroxylation is 1. The first-order valence-electron chi connectivity index (χ1n) is 9.58. The summed E-state index contributed by atoms with van der Waals surface area (Å²) in [6.07, 6.45) is 0.389. The molecule has 0 aromatic heterocycles. The number of carbonyl (C=O) groups is 1. The SMILES string of the molecule is Cc1ccc(S(=O)(=O)N2CCC(NC(=O)C(C)Oc3ccc(O)cc3)CC2)cc1. The third-order valence-corrected chi connectivity index (χ3v) is 6.89. The van der Waals surface area contributed by atoms with Crippen molar-refractivity contribution in [2.24, 2.45) is 0 Å². The first-order valence-corrected chi connectivity index (χ1v) is 11.0. The van der Waals surface area contributed by atoms with Crippen molar-refractivity contribution in [3.05, 3.63) is 54.1 Å². The molecule has 1 fully saturated rings. The van der Waals surface area contributed by atoms with E-state index in [2.05, 4.69) is 5.32 Å². The van der Waals surface area contributed by atoms with Crippen LogP contribution in [0.1, 0.15) is 25.3 Å². The van der Waals surface area contributed by atoms with Crippen molar-refractivity contribution in [2.75, 3.05) is 13.1 Å². The lowest BCUT2D eigenvalue weighted by atomic mass is 10.1. The summed E-state index contributed by atoms with van der Waals surface area (Å²) in [5.74, 6) is 0.365. The van der Waals surface area contributed by atoms with Crippen LogP contribution in [-0.4, -0.2) is 49.0 Å². The minimum absolute atomic E-state index is 0.0992. The Bertz CT molecular complexity index is 934. The number of hydrogen-bond donors (Lipinski definition) is 2. The van der Waals surface area contributed by atoms with E-state index in [0.717, 1.165) is 5.56 Å². The summed E-state index contributed by atoms with van der Waals surface area (Å²) in [6.45, 7) is 4.28. The van der Waals surface area contributed by atoms with Gasteiger partial charge in [-0.05, 0) is 63.1 Å². The molecule has 0 saturated carbocycles. The summed E-state index contributed by atoms with van der Waals surface area (Å²) in [7, 11) is -3.52. The molecule has 29 heavy (non-hydrogen) atoms. The van der Waals surface area contributed by atoms with Crippen molar-refractivity contribution in [2.45, 2.75) is 43.7 Å². The molecule has 2 aromatic carbocycles. The van der Waals surface area contributed by atoms with Crippen LogP contribution in [0.2, 0.25) is 0 Å². The van der Waals surface area contributed by atoms with Gasteiger partial charge >= 0.3 is 0 Å². The second kappa shape index (κ2) is 8.84. The Hall–Kier alpha value is -2.58. The van der Waals surface area contributed by atoms with Crippen LogP contribution in [-0.2, 0) is 14.8 Å². The quantitative estimate of drug-likeness (QED) is 0.751. The maximum atomic E-state index is 12.8. The van der Waals surface area contributed by atoms with Crippen LogP contribution in [0.25, 0.3) is 0 Å². The van der Waals surface area contributed by atoms with Crippen molar-refractivity contribution < 1.29 is 23.1 Å². The maximum Gasteiger partial charge on any atom is 0.260 e. The Labute approximate surface area is 171 Å². The smallest absolute Gasteiger partial charge is 0.260 e. The maximum absolute atomic E-state index is 12.8. The van der Waals surface area contributed by atoms with Gasteiger partial charge in [-0.25, -0.2) is 8.42 Å². The number of rotatable bonds is 6. The van der Waals surface area contributed by atoms with Gasteiger partial charge in [-0.15, -0.1) is 0 Å². The molecule has 1 aliphatic rings. The Morgan fingerprint density at radius 3 is 2.28 bits per heavy atom. The van der Waals surface area contributed by atoms with E-state index in [0.29, 0.717) is 36.6 Å². The number of nitrogens with one attached hydrogen (secondary N) is 1. The predicted octanol–water partition coefficient (Wildman–Crippen LogP) is 2.44. The number of nitrogens with zero attached hydrogens (tertiary/aromatic N) is 1. The third-order valence-electron chi connectivity index (χ3n) is 4.98. The Balaban J connectivity index is 1.51. The molecule has 0 aliphatic carbocycles. The lowest BCUT2D eigenvalue weighted by Crippen LogP contribution is -2.49. The van der Waals surface area contributed by atoms with Crippen molar-refractivity contribution in [3.63, 3.8) is 0 Å². The van der Waals surface area contributed by atoms with Crippen LogP contribution >= 0.6 is 0 Å². The van der Waals surface area contributed by atoms with Gasteiger partial charge in [0.1, 0.15) is 11.5 Å². The number of benzene rings is 2. The van der Waals surface area contributed by atoms with Gasteiger partial charge in [0.15, 0.2) is 6.10 Å². The van der Waals surface area contributed by atoms with Crippen LogP contribution in [0, 0.1) is 6.92 Å². The molecule has 2 N–H and O–H groups in total. The van der Waals surface area contributed by atoms with Gasteiger partial charge in [0.25, 0.3) is 5.91 Å². The summed E-state index contributed by atoms with van der Waals surface area (Å²) in [4.78, 5) is 12.7. The standard InChI is InChI=1S/C21H26N2O5S/c1-15-3-9-20(10-4-15)29(26,27)23-13-11-17(12-14-23)22-21(25)16(2)28-19-7-5-18(24)6-8-19/h3-10,16-17,24H,11-14H2,1-2H3,(H,22,25). The summed E-state index contributed by atoms with van der Waals surface area (Å²) in [6, 6.07) is 12.9. The van der Waals surface area contributed by atoms with Gasteiger partial charge in [0.2, 0.25) is 10.0 Å². The number of phenols is 1. The number of sulfonamides is 1. The van der Waals surface area contributed by atoms with Crippen molar-refractivity contribution in [1.29, 1.82) is 0 Å². The van der Waals surface area contributed by atoms with Crippen molar-refractivity contribution in [1.82, 2.24) is 9.62 Å². The van der Waals surface area contributed by atoms with E-state index in [-0.39, 0.29) is 17.7 Å². The topological polar surface area (TPSA) is 95.9 Å². The highest BCUT2D eigenvalue weighted by atomic mass is 32.2. The zero-order valence-electron chi connectivity index (χ0n) is 16.5. The summed E-state index contributed by atoms with van der Waals surface area (Å²) in [5, 5.41) is 12.2. The van der Waals surface area contributed by atoms with Gasteiger partial charge in [0.05, 0.1) is 4.90 Å². The van der Waals surface area contributed by atoms with Gasteiger partial charge in [-0.1, -0.05) is 17.7 Å². The zero-order valence-corrected chi connectivity index (χ0v) is 17.4. The van der Waals surface area contributed by atoms with E-state index in [4.69, 9.17) is 4.74 Å². The van der Waals surface area contributed by atoms with E-state index in [1.54, 1.807) is 43.3 Å². The molecule has 1 atom stereocenters. The normalized spacial score (nSPS) is 16.9. The number of phenolic OH excluding ortho intramolecular Hbond substituents is 1. The van der Waals surface area contributed by atoms with Gasteiger partial charge < -0.3 is 15.2 Å². The minimum Gasteiger partial charge on any atom is -0.508 e. The van der Waals surface area contributed by atoms with Crippen LogP contribution in [0.15, 0.2) is 53.4 Å². The molecule has 7 nitrogen and oxygen atoms in total. The Morgan fingerprint density at radius 2 is 1.69 bits per heavy atom. The second-order valence-electron chi connectivity index (χ2n) is 7.25. The van der Waals surface area contributed by atoms with Crippen LogP contribution in [0.5, 0.6) is 11.5 Å². The van der Waals surface area contributed by atoms with Crippen LogP contribution < -0.4 is 10.1 Å². The predicted molar refractivity (Wildman–Crippen MR) is 109 cm³/mol. The lowest BCUT2D eigenvalue weighted by Gasteiger charge is -2.32. The summed E-state index contributed by atoms with van der Waals surface area (Å²) in [5.41, 5.74) is 1.01. The van der Waals surface area contributed by atoms with E-state index < -0.39 is 16.1 Å². The van der Waals surface area contributed by atoms with Gasteiger partial charge in [-0.2, -0.15) is 4.31 Å². The molecule has 156 valence electrons. The molecule has 2 aromatic rings. The van der Waals surface area contributed by atoms with E-state index in [9.17, 15) is 18.3 Å². The molecule has 1 aliphatic heterocycles. The second-order valence-corrected chi connectivity index (χ2v) is 9.19. The highest BCUT2D eigenvalue weighted by Crippen LogP contribution is 2.22. The summed E-state index contributed by atoms with van der Waals surface area (Å²) < 4.78 is 32.6. The fourth-order valence-electron chi connectivity index (χ4n) is 3.20. The molecule has 0 spiro atoms. The van der Waals surface area contributed by atoms with Crippen LogP contribution in [0.3, 0.4) is 0 Å². The molecule has 0 radical (unpaired) electrons. The number of amides is 1. The molecule has 1 heterocycles. The number of aromatic hydroxyl groups is 1. The highest BCUT2D eigenvalue weighted by Gasteiger charge is 2.30. The molecule has 8 heteroatoms. The molecule has 1 saturated heterocycles. The molecular formula is C21H26N2O5S. The summed E-state index contributed by atoms with van der Waals surface area (Å²) >= 11 is 0. The first kappa shape index (κ1) is 21.1. The number of hydrogen-bond acceptors (Lipinski definition) is 5. The van der Waals surface area contributed by atoms with E-state index >= 15 is 0 Å². The number of ether oxygens (including phenoxy) is 1.